The number of aromatic nitrogens is 3. The molecule has 1 amide bonds. The molecule has 10 heteroatoms. The van der Waals surface area contributed by atoms with Crippen LogP contribution in [-0.2, 0) is 13.0 Å². The number of nitrogens with one attached hydrogen (secondary N) is 1. The Bertz CT molecular complexity index is 1430. The maximum atomic E-state index is 13.1. The van der Waals surface area contributed by atoms with Gasteiger partial charge in [-0.2, -0.15) is 5.10 Å². The first-order valence-corrected chi connectivity index (χ1v) is 11.4. The van der Waals surface area contributed by atoms with Gasteiger partial charge in [0.2, 0.25) is 0 Å². The van der Waals surface area contributed by atoms with Crippen molar-refractivity contribution < 1.29 is 19.2 Å². The van der Waals surface area contributed by atoms with Crippen LogP contribution in [0.25, 0.3) is 11.0 Å². The molecule has 36 heavy (non-hydrogen) atoms. The molecule has 0 aliphatic rings. The number of aryl methyl sites for hydroxylation is 2. The third-order valence-corrected chi connectivity index (χ3v) is 5.90. The number of nitro benzene ring substituents is 1. The van der Waals surface area contributed by atoms with E-state index < -0.39 is 4.92 Å². The molecule has 4 rings (SSSR count). The minimum atomic E-state index is -0.475. The number of nitro groups is 1. The van der Waals surface area contributed by atoms with Crippen LogP contribution in [0.15, 0.2) is 48.7 Å². The summed E-state index contributed by atoms with van der Waals surface area (Å²) in [5.41, 5.74) is 4.35. The number of carbonyl (C=O) groups excluding carboxylic acids is 1. The van der Waals surface area contributed by atoms with Crippen molar-refractivity contribution in [2.24, 2.45) is 0 Å². The lowest BCUT2D eigenvalue weighted by Crippen LogP contribution is -2.26. The Morgan fingerprint density at radius 3 is 2.44 bits per heavy atom. The maximum absolute atomic E-state index is 13.1. The lowest BCUT2D eigenvalue weighted by atomic mass is 10.1. The Kier molecular flexibility index (Phi) is 7.14. The topological polar surface area (TPSA) is 121 Å². The fourth-order valence-electron chi connectivity index (χ4n) is 4.03. The van der Waals surface area contributed by atoms with E-state index in [4.69, 9.17) is 9.47 Å². The van der Waals surface area contributed by atoms with Gasteiger partial charge in [-0.1, -0.05) is 29.8 Å². The molecule has 0 aliphatic carbocycles. The van der Waals surface area contributed by atoms with Crippen LogP contribution in [0.3, 0.4) is 0 Å². The van der Waals surface area contributed by atoms with E-state index in [-0.39, 0.29) is 30.3 Å². The smallest absolute Gasteiger partial charge is 0.276 e. The molecule has 10 nitrogen and oxygen atoms in total. The lowest BCUT2D eigenvalue weighted by Gasteiger charge is -2.11. The minimum absolute atomic E-state index is 0.0959. The third kappa shape index (κ3) is 5.12. The van der Waals surface area contributed by atoms with E-state index in [1.54, 1.807) is 23.0 Å². The number of methoxy groups -OCH3 is 2. The molecule has 2 aromatic carbocycles. The van der Waals surface area contributed by atoms with Crippen molar-refractivity contribution in [1.29, 1.82) is 0 Å². The molecule has 0 unspecified atom stereocenters. The van der Waals surface area contributed by atoms with Crippen molar-refractivity contribution in [2.75, 3.05) is 20.8 Å². The second kappa shape index (κ2) is 10.4. The summed E-state index contributed by atoms with van der Waals surface area (Å²) in [6, 6.07) is 12.8. The molecule has 186 valence electrons. The molecule has 0 saturated carbocycles. The van der Waals surface area contributed by atoms with Crippen molar-refractivity contribution >= 4 is 22.6 Å². The number of benzene rings is 2. The molecule has 4 aromatic rings. The fraction of sp³-hybridized carbons (Fsp3) is 0.269. The highest BCUT2D eigenvalue weighted by Gasteiger charge is 2.20. The van der Waals surface area contributed by atoms with Gasteiger partial charge in [0.15, 0.2) is 17.1 Å². The number of hydrogen-bond donors (Lipinski definition) is 1. The van der Waals surface area contributed by atoms with E-state index in [0.29, 0.717) is 40.1 Å². The maximum Gasteiger partial charge on any atom is 0.276 e. The molecule has 0 saturated heterocycles. The Hall–Kier alpha value is -4.47. The summed E-state index contributed by atoms with van der Waals surface area (Å²) in [5, 5.41) is 19.5. The van der Waals surface area contributed by atoms with Crippen LogP contribution in [0, 0.1) is 24.0 Å². The third-order valence-electron chi connectivity index (χ3n) is 5.90. The molecule has 2 aromatic heterocycles. The summed E-state index contributed by atoms with van der Waals surface area (Å²) in [6.07, 6.45) is 1.88. The number of pyridine rings is 1. The van der Waals surface area contributed by atoms with Gasteiger partial charge in [0.1, 0.15) is 0 Å². The zero-order valence-electron chi connectivity index (χ0n) is 20.6. The SMILES string of the molecule is COc1cc(CCNC(=O)c2cc(C)nc3c2cnn3Cc2ccc(C)cc2)c([N+](=O)[O-])cc1OC. The van der Waals surface area contributed by atoms with Crippen molar-refractivity contribution in [3.63, 3.8) is 0 Å². The molecule has 0 fully saturated rings. The lowest BCUT2D eigenvalue weighted by molar-refractivity contribution is -0.385. The van der Waals surface area contributed by atoms with Gasteiger partial charge in [-0.25, -0.2) is 9.67 Å². The highest BCUT2D eigenvalue weighted by Crippen LogP contribution is 2.34. The highest BCUT2D eigenvalue weighted by atomic mass is 16.6. The van der Waals surface area contributed by atoms with Crippen LogP contribution in [0.4, 0.5) is 5.69 Å². The molecule has 0 aliphatic heterocycles. The van der Waals surface area contributed by atoms with Crippen LogP contribution >= 0.6 is 0 Å². The van der Waals surface area contributed by atoms with Gasteiger partial charge in [0, 0.05) is 17.8 Å². The van der Waals surface area contributed by atoms with Crippen molar-refractivity contribution in [3.8, 4) is 11.5 Å². The molecular weight excluding hydrogens is 462 g/mol. The summed E-state index contributed by atoms with van der Waals surface area (Å²) in [7, 11) is 2.88. The predicted molar refractivity (Wildman–Crippen MR) is 135 cm³/mol. The van der Waals surface area contributed by atoms with Crippen molar-refractivity contribution in [3.05, 3.63) is 86.7 Å². The van der Waals surface area contributed by atoms with Gasteiger partial charge < -0.3 is 14.8 Å². The first-order valence-electron chi connectivity index (χ1n) is 11.4. The molecule has 2 heterocycles. The fourth-order valence-corrected chi connectivity index (χ4v) is 4.03. The highest BCUT2D eigenvalue weighted by molar-refractivity contribution is 6.05. The van der Waals surface area contributed by atoms with E-state index in [0.717, 1.165) is 5.56 Å². The van der Waals surface area contributed by atoms with Crippen molar-refractivity contribution in [2.45, 2.75) is 26.8 Å². The zero-order chi connectivity index (χ0) is 25.8. The Labute approximate surface area is 208 Å². The van der Waals surface area contributed by atoms with Gasteiger partial charge in [-0.15, -0.1) is 0 Å². The summed E-state index contributed by atoms with van der Waals surface area (Å²) in [6.45, 7) is 4.58. The van der Waals surface area contributed by atoms with Gasteiger partial charge in [-0.05, 0) is 38.0 Å². The standard InChI is InChI=1S/C26H27N5O5/c1-16-5-7-18(8-6-16)15-30-25-21(14-28-30)20(11-17(2)29-25)26(32)27-10-9-19-12-23(35-3)24(36-4)13-22(19)31(33)34/h5-8,11-14H,9-10,15H2,1-4H3,(H,27,32). The van der Waals surface area contributed by atoms with Gasteiger partial charge in [-0.3, -0.25) is 14.9 Å². The average molecular weight is 490 g/mol. The zero-order valence-corrected chi connectivity index (χ0v) is 20.6. The molecule has 0 atom stereocenters. The van der Waals surface area contributed by atoms with E-state index in [1.807, 2.05) is 38.1 Å². The average Bonchev–Trinajstić information content (AvgIpc) is 3.26. The Morgan fingerprint density at radius 1 is 1.08 bits per heavy atom. The first-order chi connectivity index (χ1) is 17.3. The minimum Gasteiger partial charge on any atom is -0.493 e. The van der Waals surface area contributed by atoms with E-state index in [9.17, 15) is 14.9 Å². The molecule has 0 bridgehead atoms. The monoisotopic (exact) mass is 489 g/mol. The Balaban J connectivity index is 1.53. The molecule has 0 radical (unpaired) electrons. The van der Waals surface area contributed by atoms with Gasteiger partial charge in [0.05, 0.1) is 48.9 Å². The van der Waals surface area contributed by atoms with E-state index in [2.05, 4.69) is 15.4 Å². The van der Waals surface area contributed by atoms with Gasteiger partial charge in [0.25, 0.3) is 11.6 Å². The van der Waals surface area contributed by atoms with Crippen molar-refractivity contribution in [1.82, 2.24) is 20.1 Å². The first kappa shape index (κ1) is 24.6. The summed E-state index contributed by atoms with van der Waals surface area (Å²) in [5.74, 6) is 0.356. The van der Waals surface area contributed by atoms with Crippen LogP contribution in [0.2, 0.25) is 0 Å². The number of carbonyl (C=O) groups is 1. The molecule has 1 N–H and O–H groups in total. The largest absolute Gasteiger partial charge is 0.493 e. The second-order valence-corrected chi connectivity index (χ2v) is 8.44. The molecule has 0 spiro atoms. The van der Waals surface area contributed by atoms with Gasteiger partial charge >= 0.3 is 0 Å². The van der Waals surface area contributed by atoms with E-state index in [1.165, 1.54) is 25.8 Å². The summed E-state index contributed by atoms with van der Waals surface area (Å²) < 4.78 is 12.2. The predicted octanol–water partition coefficient (Wildman–Crippen LogP) is 3.99. The van der Waals surface area contributed by atoms with E-state index >= 15 is 0 Å². The van der Waals surface area contributed by atoms with Crippen LogP contribution in [0.1, 0.15) is 32.7 Å². The van der Waals surface area contributed by atoms with Crippen LogP contribution in [-0.4, -0.2) is 46.4 Å². The van der Waals surface area contributed by atoms with Crippen LogP contribution in [0.5, 0.6) is 11.5 Å². The number of hydrogen-bond acceptors (Lipinski definition) is 7. The molecular formula is C26H27N5O5. The quantitative estimate of drug-likeness (QED) is 0.279. The normalized spacial score (nSPS) is 10.9. The number of nitrogens with zero attached hydrogens (tertiary/aromatic N) is 4. The number of ether oxygens (including phenoxy) is 2. The summed E-state index contributed by atoms with van der Waals surface area (Å²) >= 11 is 0. The number of amides is 1. The summed E-state index contributed by atoms with van der Waals surface area (Å²) in [4.78, 5) is 28.8. The van der Waals surface area contributed by atoms with Crippen LogP contribution < -0.4 is 14.8 Å². The number of fused-ring (bicyclic) bond motifs is 1. The number of rotatable bonds is 9. The second-order valence-electron chi connectivity index (χ2n) is 8.44. The Morgan fingerprint density at radius 2 is 1.78 bits per heavy atom.